The van der Waals surface area contributed by atoms with Crippen LogP contribution in [-0.4, -0.2) is 9.55 Å². The second-order valence-corrected chi connectivity index (χ2v) is 4.30. The van der Waals surface area contributed by atoms with Gasteiger partial charge in [-0.3, -0.25) is 0 Å². The Morgan fingerprint density at radius 2 is 1.81 bits per heavy atom. The van der Waals surface area contributed by atoms with E-state index in [1.165, 1.54) is 17.0 Å². The van der Waals surface area contributed by atoms with Gasteiger partial charge >= 0.3 is 0 Å². The van der Waals surface area contributed by atoms with Crippen LogP contribution < -0.4 is 0 Å². The van der Waals surface area contributed by atoms with Crippen molar-refractivity contribution in [1.82, 2.24) is 9.55 Å². The van der Waals surface area contributed by atoms with Crippen molar-refractivity contribution in [3.05, 3.63) is 54.3 Å². The monoisotopic (exact) mass is 213 g/mol. The molecule has 1 radical (unpaired) electrons. The molecule has 0 aliphatic carbocycles. The van der Waals surface area contributed by atoms with Gasteiger partial charge in [-0.05, 0) is 56.5 Å². The number of pyridine rings is 1. The van der Waals surface area contributed by atoms with Crippen LogP contribution in [0.4, 0.5) is 0 Å². The maximum atomic E-state index is 4.42. The van der Waals surface area contributed by atoms with E-state index in [0.29, 0.717) is 0 Å². The van der Waals surface area contributed by atoms with E-state index in [1.54, 1.807) is 0 Å². The molecular weight excluding hydrogens is 196 g/mol. The van der Waals surface area contributed by atoms with E-state index in [4.69, 9.17) is 0 Å². The second-order valence-electron chi connectivity index (χ2n) is 4.30. The van der Waals surface area contributed by atoms with E-state index in [9.17, 15) is 0 Å². The van der Waals surface area contributed by atoms with E-state index in [-0.39, 0.29) is 5.92 Å². The molecule has 2 heteroatoms. The van der Waals surface area contributed by atoms with Crippen molar-refractivity contribution in [1.29, 1.82) is 0 Å². The van der Waals surface area contributed by atoms with Crippen molar-refractivity contribution in [3.63, 3.8) is 0 Å². The van der Waals surface area contributed by atoms with Crippen molar-refractivity contribution in [2.75, 3.05) is 0 Å². The van der Waals surface area contributed by atoms with Gasteiger partial charge in [-0.1, -0.05) is 6.92 Å². The van der Waals surface area contributed by atoms with Gasteiger partial charge < -0.3 is 4.57 Å². The summed E-state index contributed by atoms with van der Waals surface area (Å²) in [5.74, 6) is 1.27. The van der Waals surface area contributed by atoms with Crippen LogP contribution in [-0.2, 0) is 0 Å². The number of rotatable bonds is 2. The minimum absolute atomic E-state index is 0.290. The number of aromatic nitrogens is 2. The fourth-order valence-electron chi connectivity index (χ4n) is 1.89. The summed E-state index contributed by atoms with van der Waals surface area (Å²) in [5, 5.41) is 0. The highest BCUT2D eigenvalue weighted by Crippen LogP contribution is 2.19. The summed E-state index contributed by atoms with van der Waals surface area (Å²) in [7, 11) is 0. The summed E-state index contributed by atoms with van der Waals surface area (Å²) >= 11 is 0. The fourth-order valence-corrected chi connectivity index (χ4v) is 1.89. The van der Waals surface area contributed by atoms with Crippen LogP contribution in [0.1, 0.15) is 29.8 Å². The number of hydrogen-bond donors (Lipinski definition) is 0. The van der Waals surface area contributed by atoms with Crippen molar-refractivity contribution in [2.45, 2.75) is 26.7 Å². The highest BCUT2D eigenvalue weighted by molar-refractivity contribution is 5.35. The molecule has 2 heterocycles. The molecule has 2 nitrogen and oxygen atoms in total. The van der Waals surface area contributed by atoms with Crippen molar-refractivity contribution in [2.24, 2.45) is 0 Å². The zero-order valence-corrected chi connectivity index (χ0v) is 10.1. The normalized spacial score (nSPS) is 11.1. The summed E-state index contributed by atoms with van der Waals surface area (Å²) in [4.78, 5) is 4.42. The lowest BCUT2D eigenvalue weighted by molar-refractivity contribution is 0.896. The molecule has 0 saturated carbocycles. The molecule has 0 saturated heterocycles. The lowest BCUT2D eigenvalue weighted by Gasteiger charge is -2.11. The Morgan fingerprint density at radius 1 is 1.19 bits per heavy atom. The SMILES string of the molecule is [CH2]C(C)c1ccnc(-n2c(C)ccc2C)c1. The number of hydrogen-bond acceptors (Lipinski definition) is 1. The summed E-state index contributed by atoms with van der Waals surface area (Å²) in [6.45, 7) is 10.3. The third-order valence-corrected chi connectivity index (χ3v) is 2.84. The third kappa shape index (κ3) is 1.87. The van der Waals surface area contributed by atoms with Crippen LogP contribution in [0, 0.1) is 20.8 Å². The van der Waals surface area contributed by atoms with E-state index >= 15 is 0 Å². The van der Waals surface area contributed by atoms with Gasteiger partial charge in [0, 0.05) is 17.6 Å². The van der Waals surface area contributed by atoms with Gasteiger partial charge in [0.1, 0.15) is 5.82 Å². The summed E-state index contributed by atoms with van der Waals surface area (Å²) < 4.78 is 2.16. The molecule has 0 fully saturated rings. The van der Waals surface area contributed by atoms with Gasteiger partial charge in [-0.2, -0.15) is 0 Å². The van der Waals surface area contributed by atoms with E-state index in [1.807, 2.05) is 12.3 Å². The van der Waals surface area contributed by atoms with E-state index in [2.05, 4.69) is 55.4 Å². The van der Waals surface area contributed by atoms with Crippen LogP contribution in [0.5, 0.6) is 0 Å². The standard InChI is InChI=1S/C14H17N2/c1-10(2)13-7-8-15-14(9-13)16-11(3)5-6-12(16)4/h5-10H,1H2,2-4H3. The Labute approximate surface area is 97.0 Å². The summed E-state index contributed by atoms with van der Waals surface area (Å²) in [6, 6.07) is 8.35. The minimum Gasteiger partial charge on any atom is -0.303 e. The van der Waals surface area contributed by atoms with Crippen molar-refractivity contribution >= 4 is 0 Å². The first-order chi connectivity index (χ1) is 7.59. The zero-order chi connectivity index (χ0) is 11.7. The molecule has 0 spiro atoms. The largest absolute Gasteiger partial charge is 0.303 e. The van der Waals surface area contributed by atoms with Gasteiger partial charge in [-0.25, -0.2) is 4.98 Å². The molecule has 0 aliphatic rings. The van der Waals surface area contributed by atoms with Gasteiger partial charge in [0.15, 0.2) is 0 Å². The van der Waals surface area contributed by atoms with Crippen LogP contribution >= 0.6 is 0 Å². The molecule has 2 aromatic heterocycles. The molecule has 1 atom stereocenters. The molecule has 0 bridgehead atoms. The van der Waals surface area contributed by atoms with Crippen LogP contribution in [0.3, 0.4) is 0 Å². The lowest BCUT2D eigenvalue weighted by atomic mass is 10.1. The topological polar surface area (TPSA) is 17.8 Å². The average Bonchev–Trinajstić information content (AvgIpc) is 2.59. The molecule has 0 aliphatic heterocycles. The quantitative estimate of drug-likeness (QED) is 0.747. The van der Waals surface area contributed by atoms with Crippen LogP contribution in [0.2, 0.25) is 0 Å². The molecule has 0 aromatic carbocycles. The Morgan fingerprint density at radius 3 is 2.38 bits per heavy atom. The number of nitrogens with zero attached hydrogens (tertiary/aromatic N) is 2. The zero-order valence-electron chi connectivity index (χ0n) is 10.1. The molecule has 83 valence electrons. The second kappa shape index (κ2) is 4.12. The lowest BCUT2D eigenvalue weighted by Crippen LogP contribution is -2.02. The highest BCUT2D eigenvalue weighted by Gasteiger charge is 2.07. The summed E-state index contributed by atoms with van der Waals surface area (Å²) in [6.07, 6.45) is 1.85. The first-order valence-electron chi connectivity index (χ1n) is 5.54. The smallest absolute Gasteiger partial charge is 0.137 e. The predicted molar refractivity (Wildman–Crippen MR) is 66.8 cm³/mol. The maximum Gasteiger partial charge on any atom is 0.137 e. The van der Waals surface area contributed by atoms with Crippen molar-refractivity contribution in [3.8, 4) is 5.82 Å². The molecule has 1 unspecified atom stereocenters. The molecular formula is C14H17N2. The number of aryl methyl sites for hydroxylation is 2. The molecule has 2 rings (SSSR count). The molecule has 16 heavy (non-hydrogen) atoms. The molecule has 2 aromatic rings. The Kier molecular flexibility index (Phi) is 2.82. The van der Waals surface area contributed by atoms with Gasteiger partial charge in [0.25, 0.3) is 0 Å². The first-order valence-corrected chi connectivity index (χ1v) is 5.54. The van der Waals surface area contributed by atoms with E-state index in [0.717, 1.165) is 5.82 Å². The highest BCUT2D eigenvalue weighted by atomic mass is 15.1. The predicted octanol–water partition coefficient (Wildman–Crippen LogP) is 3.43. The van der Waals surface area contributed by atoms with Crippen LogP contribution in [0.25, 0.3) is 5.82 Å². The molecule has 0 N–H and O–H groups in total. The van der Waals surface area contributed by atoms with Gasteiger partial charge in [0.2, 0.25) is 0 Å². The Hall–Kier alpha value is -1.57. The third-order valence-electron chi connectivity index (χ3n) is 2.84. The average molecular weight is 213 g/mol. The van der Waals surface area contributed by atoms with Crippen molar-refractivity contribution < 1.29 is 0 Å². The first kappa shape index (κ1) is 10.9. The van der Waals surface area contributed by atoms with Gasteiger partial charge in [0.05, 0.1) is 0 Å². The minimum atomic E-state index is 0.290. The Balaban J connectivity index is 2.52. The fraction of sp³-hybridized carbons (Fsp3) is 0.286. The van der Waals surface area contributed by atoms with Gasteiger partial charge in [-0.15, -0.1) is 0 Å². The van der Waals surface area contributed by atoms with E-state index < -0.39 is 0 Å². The Bertz CT molecular complexity index is 476. The summed E-state index contributed by atoms with van der Waals surface area (Å²) in [5.41, 5.74) is 3.63. The maximum absolute atomic E-state index is 4.42. The van der Waals surface area contributed by atoms with Crippen LogP contribution in [0.15, 0.2) is 30.5 Å². The molecule has 0 amide bonds.